The zero-order valence-corrected chi connectivity index (χ0v) is 23.2. The number of aryl methyl sites for hydroxylation is 1. The number of amides is 1. The second-order valence-corrected chi connectivity index (χ2v) is 10.6. The van der Waals surface area contributed by atoms with E-state index in [1.54, 1.807) is 14.2 Å². The largest absolute Gasteiger partial charge is 0.497 e. The molecule has 2 aliphatic rings. The van der Waals surface area contributed by atoms with Crippen LogP contribution in [0.2, 0.25) is 0 Å². The van der Waals surface area contributed by atoms with Crippen LogP contribution < -0.4 is 20.1 Å². The fourth-order valence-electron chi connectivity index (χ4n) is 5.55. The normalized spacial score (nSPS) is 17.3. The summed E-state index contributed by atoms with van der Waals surface area (Å²) in [6.45, 7) is 6.38. The van der Waals surface area contributed by atoms with Crippen LogP contribution in [0.15, 0.2) is 42.5 Å². The fourth-order valence-corrected chi connectivity index (χ4v) is 5.78. The minimum atomic E-state index is -0.106. The highest BCUT2D eigenvalue weighted by molar-refractivity contribution is 7.80. The summed E-state index contributed by atoms with van der Waals surface area (Å²) in [6.07, 6.45) is 6.22. The van der Waals surface area contributed by atoms with Crippen molar-refractivity contribution in [1.82, 2.24) is 20.4 Å². The summed E-state index contributed by atoms with van der Waals surface area (Å²) in [5, 5.41) is 6.82. The Morgan fingerprint density at radius 1 is 1.00 bits per heavy atom. The van der Waals surface area contributed by atoms with Gasteiger partial charge in [0.05, 0.1) is 20.8 Å². The number of methoxy groups -OCH3 is 2. The molecule has 0 unspecified atom stereocenters. The second kappa shape index (κ2) is 12.6. The third kappa shape index (κ3) is 6.93. The van der Waals surface area contributed by atoms with E-state index in [1.165, 1.54) is 43.2 Å². The molecule has 1 spiro atoms. The van der Waals surface area contributed by atoms with Crippen molar-refractivity contribution in [2.24, 2.45) is 0 Å². The molecule has 2 aromatic carbocycles. The summed E-state index contributed by atoms with van der Waals surface area (Å²) in [7, 11) is 3.23. The minimum Gasteiger partial charge on any atom is -0.497 e. The van der Waals surface area contributed by atoms with E-state index in [-0.39, 0.29) is 18.0 Å². The Balaban J connectivity index is 1.30. The predicted octanol–water partition coefficient (Wildman–Crippen LogP) is 4.02. The zero-order chi connectivity index (χ0) is 26.3. The Kier molecular flexibility index (Phi) is 9.27. The van der Waals surface area contributed by atoms with Crippen LogP contribution in [-0.4, -0.2) is 66.8 Å². The van der Waals surface area contributed by atoms with Crippen LogP contribution in [0.1, 0.15) is 48.8 Å². The summed E-state index contributed by atoms with van der Waals surface area (Å²) in [4.78, 5) is 17.5. The molecule has 2 aromatic rings. The Morgan fingerprint density at radius 3 is 2.46 bits per heavy atom. The molecule has 0 atom stereocenters. The average Bonchev–Trinajstić information content (AvgIpc) is 2.93. The number of hydrogen-bond donors (Lipinski definition) is 2. The van der Waals surface area contributed by atoms with E-state index in [9.17, 15) is 4.79 Å². The molecule has 8 heteroatoms. The number of piperazine rings is 1. The van der Waals surface area contributed by atoms with Crippen LogP contribution in [0.3, 0.4) is 0 Å². The van der Waals surface area contributed by atoms with Gasteiger partial charge in [-0.2, -0.15) is 0 Å². The molecule has 4 rings (SSSR count). The van der Waals surface area contributed by atoms with Gasteiger partial charge in [-0.15, -0.1) is 0 Å². The highest BCUT2D eigenvalue weighted by Gasteiger charge is 2.42. The first-order valence-corrected chi connectivity index (χ1v) is 13.6. The van der Waals surface area contributed by atoms with Gasteiger partial charge in [0, 0.05) is 49.9 Å². The van der Waals surface area contributed by atoms with Crippen LogP contribution in [0.4, 0.5) is 0 Å². The SMILES string of the molecule is COc1ccc(CNC(=O)CNC(=S)N2CCN(Cc3ccc(C)cc3)C3(CCCCC3)C2)c(OC)c1. The number of nitrogens with one attached hydrogen (secondary N) is 2. The highest BCUT2D eigenvalue weighted by atomic mass is 32.1. The van der Waals surface area contributed by atoms with Gasteiger partial charge in [0.1, 0.15) is 11.5 Å². The lowest BCUT2D eigenvalue weighted by Gasteiger charge is -2.53. The van der Waals surface area contributed by atoms with Crippen molar-refractivity contribution in [2.45, 2.75) is 57.7 Å². The smallest absolute Gasteiger partial charge is 0.239 e. The zero-order valence-electron chi connectivity index (χ0n) is 22.3. The summed E-state index contributed by atoms with van der Waals surface area (Å²) >= 11 is 5.75. The maximum atomic E-state index is 12.6. The van der Waals surface area contributed by atoms with Gasteiger partial charge >= 0.3 is 0 Å². The summed E-state index contributed by atoms with van der Waals surface area (Å²) in [6, 6.07) is 14.5. The molecular weight excluding hydrogens is 484 g/mol. The summed E-state index contributed by atoms with van der Waals surface area (Å²) in [5.74, 6) is 1.30. The van der Waals surface area contributed by atoms with Crippen molar-refractivity contribution in [2.75, 3.05) is 40.4 Å². The van der Waals surface area contributed by atoms with Crippen molar-refractivity contribution in [3.05, 3.63) is 59.2 Å². The van der Waals surface area contributed by atoms with Crippen LogP contribution >= 0.6 is 12.2 Å². The van der Waals surface area contributed by atoms with Crippen molar-refractivity contribution in [3.63, 3.8) is 0 Å². The molecular formula is C29H40N4O3S. The molecule has 2 N–H and O–H groups in total. The van der Waals surface area contributed by atoms with Crippen molar-refractivity contribution in [1.29, 1.82) is 0 Å². The third-order valence-electron chi connectivity index (χ3n) is 7.73. The molecule has 1 aliphatic heterocycles. The molecule has 37 heavy (non-hydrogen) atoms. The molecule has 2 fully saturated rings. The molecule has 1 amide bonds. The van der Waals surface area contributed by atoms with Gasteiger partial charge in [0.25, 0.3) is 0 Å². The quantitative estimate of drug-likeness (QED) is 0.506. The lowest BCUT2D eigenvalue weighted by Crippen LogP contribution is -2.64. The molecule has 1 saturated heterocycles. The molecule has 1 aliphatic carbocycles. The Labute approximate surface area is 226 Å². The number of benzene rings is 2. The van der Waals surface area contributed by atoms with Crippen LogP contribution in [-0.2, 0) is 17.9 Å². The first kappa shape index (κ1) is 27.2. The number of thiocarbonyl (C=S) groups is 1. The van der Waals surface area contributed by atoms with Crippen molar-refractivity contribution >= 4 is 23.2 Å². The number of ether oxygens (including phenoxy) is 2. The lowest BCUT2D eigenvalue weighted by molar-refractivity contribution is -0.120. The van der Waals surface area contributed by atoms with E-state index in [4.69, 9.17) is 21.7 Å². The molecule has 7 nitrogen and oxygen atoms in total. The van der Waals surface area contributed by atoms with Crippen LogP contribution in [0.25, 0.3) is 0 Å². The molecule has 200 valence electrons. The highest BCUT2D eigenvalue weighted by Crippen LogP contribution is 2.37. The molecule has 0 bridgehead atoms. The van der Waals surface area contributed by atoms with Gasteiger partial charge in [-0.25, -0.2) is 0 Å². The molecule has 0 aromatic heterocycles. The predicted molar refractivity (Wildman–Crippen MR) is 151 cm³/mol. The van der Waals surface area contributed by atoms with Crippen molar-refractivity contribution < 1.29 is 14.3 Å². The number of carbonyl (C=O) groups excluding carboxylic acids is 1. The fraction of sp³-hybridized carbons (Fsp3) is 0.517. The Hall–Kier alpha value is -2.84. The third-order valence-corrected chi connectivity index (χ3v) is 8.13. The standard InChI is InChI=1S/C29H40N4O3S/c1-22-7-9-23(10-8-22)20-33-16-15-32(21-29(33)13-5-4-6-14-29)28(37)31-19-27(34)30-18-24-11-12-25(35-2)17-26(24)36-3/h7-12,17H,4-6,13-16,18-21H2,1-3H3,(H,30,34)(H,31,37). The van der Waals surface area contributed by atoms with Gasteiger partial charge in [-0.1, -0.05) is 49.1 Å². The van der Waals surface area contributed by atoms with Crippen LogP contribution in [0, 0.1) is 6.92 Å². The van der Waals surface area contributed by atoms with Gasteiger partial charge in [0.15, 0.2) is 5.11 Å². The summed E-state index contributed by atoms with van der Waals surface area (Å²) in [5.41, 5.74) is 3.70. The van der Waals surface area contributed by atoms with E-state index in [0.717, 1.165) is 31.7 Å². The maximum Gasteiger partial charge on any atom is 0.239 e. The first-order valence-electron chi connectivity index (χ1n) is 13.2. The topological polar surface area (TPSA) is 66.1 Å². The monoisotopic (exact) mass is 524 g/mol. The number of carbonyl (C=O) groups is 1. The van der Waals surface area contributed by atoms with Gasteiger partial charge in [-0.3, -0.25) is 9.69 Å². The molecule has 0 radical (unpaired) electrons. The van der Waals surface area contributed by atoms with Gasteiger partial charge < -0.3 is 25.0 Å². The van der Waals surface area contributed by atoms with E-state index in [2.05, 4.69) is 51.6 Å². The average molecular weight is 525 g/mol. The number of hydrogen-bond acceptors (Lipinski definition) is 5. The van der Waals surface area contributed by atoms with Gasteiger partial charge in [-0.05, 0) is 49.7 Å². The number of rotatable bonds is 8. The van der Waals surface area contributed by atoms with E-state index >= 15 is 0 Å². The number of nitrogens with zero attached hydrogens (tertiary/aromatic N) is 2. The Bertz CT molecular complexity index is 1070. The lowest BCUT2D eigenvalue weighted by atomic mass is 9.78. The maximum absolute atomic E-state index is 12.6. The van der Waals surface area contributed by atoms with E-state index in [0.29, 0.717) is 23.2 Å². The van der Waals surface area contributed by atoms with Crippen molar-refractivity contribution in [3.8, 4) is 11.5 Å². The summed E-state index contributed by atoms with van der Waals surface area (Å²) < 4.78 is 10.7. The van der Waals surface area contributed by atoms with E-state index < -0.39 is 0 Å². The van der Waals surface area contributed by atoms with Gasteiger partial charge in [0.2, 0.25) is 5.91 Å². The molecule has 1 saturated carbocycles. The van der Waals surface area contributed by atoms with E-state index in [1.807, 2.05) is 18.2 Å². The molecule has 1 heterocycles. The second-order valence-electron chi connectivity index (χ2n) is 10.2. The first-order chi connectivity index (χ1) is 17.9. The van der Waals surface area contributed by atoms with Crippen LogP contribution in [0.5, 0.6) is 11.5 Å². The Morgan fingerprint density at radius 2 is 1.76 bits per heavy atom. The minimum absolute atomic E-state index is 0.106.